The number of rotatable bonds is 4. The van der Waals surface area contributed by atoms with Crippen molar-refractivity contribution in [3.63, 3.8) is 0 Å². The van der Waals surface area contributed by atoms with E-state index in [0.29, 0.717) is 27.2 Å². The Labute approximate surface area is 274 Å². The van der Waals surface area contributed by atoms with E-state index in [1.54, 1.807) is 43.3 Å². The van der Waals surface area contributed by atoms with Gasteiger partial charge in [-0.25, -0.2) is 0 Å². The van der Waals surface area contributed by atoms with Gasteiger partial charge in [-0.1, -0.05) is 70.0 Å². The largest absolute Gasteiger partial charge is 0.455 e. The lowest BCUT2D eigenvalue weighted by Crippen LogP contribution is -2.56. The first-order valence-corrected chi connectivity index (χ1v) is 16.1. The van der Waals surface area contributed by atoms with Gasteiger partial charge in [0.25, 0.3) is 5.91 Å². The summed E-state index contributed by atoms with van der Waals surface area (Å²) in [5.74, 6) is -3.98. The Morgan fingerprint density at radius 2 is 1.76 bits per heavy atom. The first kappa shape index (κ1) is 31.5. The van der Waals surface area contributed by atoms with Crippen LogP contribution in [0.25, 0.3) is 0 Å². The molecule has 2 fully saturated rings. The molecule has 0 saturated carbocycles. The Balaban J connectivity index is 1.46. The van der Waals surface area contributed by atoms with Gasteiger partial charge in [0.1, 0.15) is 29.8 Å². The smallest absolute Gasteiger partial charge is 0.313 e. The van der Waals surface area contributed by atoms with Gasteiger partial charge in [-0.05, 0) is 49.2 Å². The fraction of sp³-hybridized carbons (Fsp3) is 0.394. The van der Waals surface area contributed by atoms with Crippen LogP contribution in [0.4, 0.5) is 5.69 Å². The normalized spacial score (nSPS) is 32.7. The summed E-state index contributed by atoms with van der Waals surface area (Å²) < 4.78 is 13.2. The number of nitrogens with one attached hydrogen (secondary N) is 1. The third-order valence-corrected chi connectivity index (χ3v) is 9.82. The van der Waals surface area contributed by atoms with Crippen molar-refractivity contribution in [3.05, 3.63) is 87.9 Å². The van der Waals surface area contributed by atoms with Crippen LogP contribution in [-0.4, -0.2) is 77.2 Å². The first-order chi connectivity index (χ1) is 21.7. The molecule has 12 heteroatoms. The number of likely N-dealkylation sites (tertiary alicyclic amines) is 1. The third-order valence-electron chi connectivity index (χ3n) is 8.88. The van der Waals surface area contributed by atoms with Gasteiger partial charge in [0.05, 0.1) is 18.6 Å². The molecule has 0 radical (unpaired) electrons. The van der Waals surface area contributed by atoms with E-state index in [2.05, 4.69) is 21.2 Å². The van der Waals surface area contributed by atoms with Crippen LogP contribution in [0.2, 0.25) is 5.02 Å². The number of fused-ring (bicyclic) bond motifs is 2. The molecule has 4 aliphatic rings. The summed E-state index contributed by atoms with van der Waals surface area (Å²) in [4.78, 5) is 58.7. The number of anilines is 1. The number of carbonyl (C=O) groups excluding carboxylic acids is 4. The number of esters is 1. The number of aliphatic hydroxyl groups excluding tert-OH is 1. The molecule has 2 aromatic rings. The van der Waals surface area contributed by atoms with Crippen molar-refractivity contribution in [1.82, 2.24) is 10.2 Å². The highest BCUT2D eigenvalue weighted by molar-refractivity contribution is 9.11. The van der Waals surface area contributed by atoms with Crippen molar-refractivity contribution in [2.45, 2.75) is 49.7 Å². The van der Waals surface area contributed by atoms with Gasteiger partial charge in [-0.15, -0.1) is 0 Å². The molecule has 4 heterocycles. The summed E-state index contributed by atoms with van der Waals surface area (Å²) >= 11 is 9.69. The minimum atomic E-state index is -1.49. The zero-order valence-electron chi connectivity index (χ0n) is 24.5. The van der Waals surface area contributed by atoms with E-state index < -0.39 is 66.1 Å². The Hall–Kier alpha value is -3.51. The van der Waals surface area contributed by atoms with Crippen molar-refractivity contribution < 1.29 is 33.8 Å². The van der Waals surface area contributed by atoms with Crippen LogP contribution in [0.5, 0.6) is 0 Å². The van der Waals surface area contributed by atoms with Crippen molar-refractivity contribution >= 4 is 56.9 Å². The quantitative estimate of drug-likeness (QED) is 0.369. The van der Waals surface area contributed by atoms with Gasteiger partial charge in [0, 0.05) is 34.7 Å². The lowest BCUT2D eigenvalue weighted by atomic mass is 9.74. The van der Waals surface area contributed by atoms with Crippen molar-refractivity contribution in [2.75, 3.05) is 24.6 Å². The average Bonchev–Trinajstić information content (AvgIpc) is 3.61. The number of allylic oxidation sites excluding steroid dienone is 1. The van der Waals surface area contributed by atoms with E-state index in [1.165, 1.54) is 9.80 Å². The number of hydrogen-bond donors (Lipinski definition) is 2. The van der Waals surface area contributed by atoms with Gasteiger partial charge < -0.3 is 29.7 Å². The maximum atomic E-state index is 14.6. The zero-order chi connectivity index (χ0) is 31.9. The molecule has 0 aliphatic carbocycles. The van der Waals surface area contributed by atoms with Crippen LogP contribution in [0, 0.1) is 11.8 Å². The summed E-state index contributed by atoms with van der Waals surface area (Å²) in [6.07, 6.45) is 4.22. The highest BCUT2D eigenvalue weighted by Crippen LogP contribution is 2.59. The minimum absolute atomic E-state index is 0.130. The summed E-state index contributed by atoms with van der Waals surface area (Å²) in [6, 6.07) is 14.1. The van der Waals surface area contributed by atoms with Crippen LogP contribution < -0.4 is 10.2 Å². The molecule has 45 heavy (non-hydrogen) atoms. The lowest BCUT2D eigenvalue weighted by Gasteiger charge is -2.35. The molecule has 2 saturated heterocycles. The number of carbonyl (C=O) groups is 4. The molecular formula is C33H33BrClN3O7. The minimum Gasteiger partial charge on any atom is -0.455 e. The molecule has 10 nitrogen and oxygen atoms in total. The fourth-order valence-corrected chi connectivity index (χ4v) is 7.79. The van der Waals surface area contributed by atoms with Gasteiger partial charge in [0.2, 0.25) is 11.8 Å². The summed E-state index contributed by atoms with van der Waals surface area (Å²) in [5.41, 5.74) is -0.274. The molecule has 1 spiro atoms. The van der Waals surface area contributed by atoms with E-state index in [1.807, 2.05) is 36.4 Å². The summed E-state index contributed by atoms with van der Waals surface area (Å²) in [5, 5.41) is 13.4. The number of halogens is 2. The van der Waals surface area contributed by atoms with Gasteiger partial charge in [-0.2, -0.15) is 0 Å². The Morgan fingerprint density at radius 1 is 1.02 bits per heavy atom. The number of ether oxygens (including phenoxy) is 2. The molecule has 2 N–H and O–H groups in total. The fourth-order valence-electron chi connectivity index (χ4n) is 6.92. The second kappa shape index (κ2) is 12.7. The molecule has 2 aromatic carbocycles. The number of cyclic esters (lactones) is 1. The van der Waals surface area contributed by atoms with E-state index >= 15 is 0 Å². The Kier molecular flexibility index (Phi) is 8.89. The zero-order valence-corrected chi connectivity index (χ0v) is 26.8. The van der Waals surface area contributed by atoms with E-state index in [9.17, 15) is 24.3 Å². The molecule has 0 unspecified atom stereocenters. The SMILES string of the molecule is C[C@@H]1NC(=O)CC/C=C\CN(c2ccc(Cl)cc2)C(=O)[C@H]2N(CCO)C(=O)[C@@H]3[C@@H](C(=O)O[C@H]1c1ccccc1)[C@@H]1O[C@@]32C=C1Br. The Morgan fingerprint density at radius 3 is 2.47 bits per heavy atom. The topological polar surface area (TPSA) is 125 Å². The molecule has 5 bridgehead atoms. The molecule has 0 aromatic heterocycles. The number of β-amino-alcohol motifs (C(OH)–C–C–N with tert-alkyl or cyclic N) is 1. The van der Waals surface area contributed by atoms with E-state index in [4.69, 9.17) is 21.1 Å². The van der Waals surface area contributed by atoms with Crippen molar-refractivity contribution in [3.8, 4) is 0 Å². The number of nitrogens with zero attached hydrogens (tertiary/aromatic N) is 2. The summed E-state index contributed by atoms with van der Waals surface area (Å²) in [6.45, 7) is 1.38. The molecule has 236 valence electrons. The maximum Gasteiger partial charge on any atom is 0.313 e. The van der Waals surface area contributed by atoms with E-state index in [-0.39, 0.29) is 25.4 Å². The van der Waals surface area contributed by atoms with E-state index in [0.717, 1.165) is 0 Å². The standard InChI is InChI=1S/C33H33BrClN3O7/c1-19-27(20-8-4-2-5-9-20)44-32(43)25-26-30(41)38(16-17-39)29(33(26)18-23(34)28(25)45-33)31(42)37(22-13-11-21(35)12-14-22)15-7-3-6-10-24(40)36-19/h2-5,7-9,11-14,18-19,25-29,39H,6,10,15-17H2,1H3,(H,36,40)/b7-3-/t19-,25+,26-,27+,28+,29+,33-/m0/s1. The number of hydrogen-bond acceptors (Lipinski definition) is 7. The number of aliphatic hydroxyl groups is 1. The van der Waals surface area contributed by atoms with Crippen LogP contribution in [-0.2, 0) is 28.7 Å². The van der Waals surface area contributed by atoms with Crippen molar-refractivity contribution in [2.24, 2.45) is 11.8 Å². The third kappa shape index (κ3) is 5.60. The number of benzene rings is 2. The van der Waals surface area contributed by atoms with Crippen LogP contribution in [0.1, 0.15) is 31.4 Å². The summed E-state index contributed by atoms with van der Waals surface area (Å²) in [7, 11) is 0. The Bertz CT molecular complexity index is 1550. The van der Waals surface area contributed by atoms with Crippen LogP contribution >= 0.6 is 27.5 Å². The van der Waals surface area contributed by atoms with Crippen LogP contribution in [0.3, 0.4) is 0 Å². The predicted molar refractivity (Wildman–Crippen MR) is 169 cm³/mol. The highest BCUT2D eigenvalue weighted by Gasteiger charge is 2.75. The average molecular weight is 699 g/mol. The second-order valence-electron chi connectivity index (χ2n) is 11.6. The monoisotopic (exact) mass is 697 g/mol. The first-order valence-electron chi connectivity index (χ1n) is 14.9. The number of amides is 3. The van der Waals surface area contributed by atoms with Gasteiger partial charge in [0.15, 0.2) is 0 Å². The van der Waals surface area contributed by atoms with Crippen LogP contribution in [0.15, 0.2) is 77.3 Å². The van der Waals surface area contributed by atoms with Gasteiger partial charge in [-0.3, -0.25) is 19.2 Å². The lowest BCUT2D eigenvalue weighted by molar-refractivity contribution is -0.161. The van der Waals surface area contributed by atoms with Crippen molar-refractivity contribution in [1.29, 1.82) is 0 Å². The highest BCUT2D eigenvalue weighted by atomic mass is 79.9. The predicted octanol–water partition coefficient (Wildman–Crippen LogP) is 3.68. The molecule has 7 atom stereocenters. The molecule has 3 amide bonds. The molecular weight excluding hydrogens is 666 g/mol. The van der Waals surface area contributed by atoms with Gasteiger partial charge >= 0.3 is 5.97 Å². The maximum absolute atomic E-state index is 14.6. The molecule has 6 rings (SSSR count). The molecule has 4 aliphatic heterocycles. The second-order valence-corrected chi connectivity index (χ2v) is 13.0.